The van der Waals surface area contributed by atoms with Crippen molar-refractivity contribution < 1.29 is 9.47 Å². The van der Waals surface area contributed by atoms with Crippen molar-refractivity contribution in [1.29, 1.82) is 0 Å². The molecule has 0 aliphatic heterocycles. The molecule has 0 amide bonds. The molecule has 0 unspecified atom stereocenters. The lowest BCUT2D eigenvalue weighted by Gasteiger charge is -2.24. The van der Waals surface area contributed by atoms with E-state index < -0.39 is 8.80 Å². The van der Waals surface area contributed by atoms with Crippen molar-refractivity contribution >= 4 is 14.0 Å². The molecular weight excluding hydrogens is 216 g/mol. The lowest BCUT2D eigenvalue weighted by atomic mass is 9.89. The summed E-state index contributed by atoms with van der Waals surface area (Å²) < 4.78 is 10.3. The number of hydrogen-bond acceptors (Lipinski definition) is 2. The van der Waals surface area contributed by atoms with Crippen LogP contribution in [-0.2, 0) is 22.3 Å². The second kappa shape index (κ2) is 4.74. The summed E-state index contributed by atoms with van der Waals surface area (Å²) in [5, 5.41) is 1.50. The quantitative estimate of drug-likeness (QED) is 0.583. The van der Waals surface area contributed by atoms with Crippen molar-refractivity contribution in [3.8, 4) is 0 Å². The minimum absolute atomic E-state index is 0.633. The van der Waals surface area contributed by atoms with Crippen molar-refractivity contribution in [3.05, 3.63) is 41.0 Å². The molecule has 1 aliphatic carbocycles. The molecule has 1 aromatic rings. The van der Waals surface area contributed by atoms with E-state index in [2.05, 4.69) is 30.4 Å². The van der Waals surface area contributed by atoms with Gasteiger partial charge in [0.25, 0.3) is 5.95 Å². The molecular formula is C13H17O2Si. The van der Waals surface area contributed by atoms with E-state index in [0.717, 1.165) is 0 Å². The molecule has 0 fully saturated rings. The summed E-state index contributed by atoms with van der Waals surface area (Å²) in [6.45, 7) is 2.27. The Morgan fingerprint density at radius 1 is 1.25 bits per heavy atom. The number of fused-ring (bicyclic) bond motifs is 1. The Hall–Kier alpha value is -1.22. The number of ether oxygens (including phenoxy) is 2. The standard InChI is InChI=1S/C13H17O2Si/c1-14-13(15-2)9-16(3)12-6-4-5-10-7-8-11(10)12/h4-6,9H,7-8H2,1-3H3. The van der Waals surface area contributed by atoms with E-state index >= 15 is 0 Å². The minimum atomic E-state index is -0.703. The zero-order valence-electron chi connectivity index (χ0n) is 10.0. The van der Waals surface area contributed by atoms with Crippen LogP contribution in [0.5, 0.6) is 0 Å². The fraction of sp³-hybridized carbons (Fsp3) is 0.385. The average molecular weight is 233 g/mol. The Morgan fingerprint density at radius 3 is 2.56 bits per heavy atom. The topological polar surface area (TPSA) is 18.5 Å². The highest BCUT2D eigenvalue weighted by atomic mass is 28.3. The summed E-state index contributed by atoms with van der Waals surface area (Å²) in [6, 6.07) is 6.63. The minimum Gasteiger partial charge on any atom is -0.469 e. The first kappa shape index (κ1) is 11.3. The maximum absolute atomic E-state index is 5.14. The summed E-state index contributed by atoms with van der Waals surface area (Å²) in [7, 11) is 2.59. The molecule has 0 spiro atoms. The van der Waals surface area contributed by atoms with Crippen molar-refractivity contribution in [3.63, 3.8) is 0 Å². The van der Waals surface area contributed by atoms with Gasteiger partial charge in [-0.05, 0) is 29.7 Å². The van der Waals surface area contributed by atoms with E-state index in [4.69, 9.17) is 9.47 Å². The van der Waals surface area contributed by atoms with Crippen LogP contribution in [0.25, 0.3) is 0 Å². The molecule has 85 valence electrons. The third-order valence-electron chi connectivity index (χ3n) is 3.08. The Kier molecular flexibility index (Phi) is 3.34. The normalized spacial score (nSPS) is 12.8. The number of rotatable bonds is 4. The molecule has 0 N–H and O–H groups in total. The zero-order chi connectivity index (χ0) is 11.5. The lowest BCUT2D eigenvalue weighted by Crippen LogP contribution is -2.33. The van der Waals surface area contributed by atoms with Crippen LogP contribution in [-0.4, -0.2) is 23.0 Å². The van der Waals surface area contributed by atoms with Gasteiger partial charge in [-0.15, -0.1) is 0 Å². The van der Waals surface area contributed by atoms with Crippen LogP contribution in [0.1, 0.15) is 11.1 Å². The average Bonchev–Trinajstić information content (AvgIpc) is 2.26. The second-order valence-corrected chi connectivity index (χ2v) is 6.19. The van der Waals surface area contributed by atoms with E-state index in [1.807, 2.05) is 0 Å². The summed E-state index contributed by atoms with van der Waals surface area (Å²) in [5.74, 6) is 0.633. The zero-order valence-corrected chi connectivity index (χ0v) is 11.0. The van der Waals surface area contributed by atoms with Crippen LogP contribution in [0.4, 0.5) is 0 Å². The number of benzene rings is 1. The van der Waals surface area contributed by atoms with Gasteiger partial charge in [-0.3, -0.25) is 0 Å². The fourth-order valence-electron chi connectivity index (χ4n) is 2.07. The first-order chi connectivity index (χ1) is 7.76. The van der Waals surface area contributed by atoms with Gasteiger partial charge in [-0.25, -0.2) is 0 Å². The van der Waals surface area contributed by atoms with Gasteiger partial charge in [0, 0.05) is 0 Å². The lowest BCUT2D eigenvalue weighted by molar-refractivity contribution is 0.0963. The van der Waals surface area contributed by atoms with Crippen LogP contribution in [0, 0.1) is 0 Å². The summed E-state index contributed by atoms with van der Waals surface area (Å²) in [5.41, 5.74) is 5.20. The molecule has 0 saturated heterocycles. The third kappa shape index (κ3) is 2.00. The molecule has 1 aromatic carbocycles. The Bertz CT molecular complexity index is 406. The van der Waals surface area contributed by atoms with Gasteiger partial charge >= 0.3 is 0 Å². The highest BCUT2D eigenvalue weighted by Gasteiger charge is 2.20. The predicted molar refractivity (Wildman–Crippen MR) is 67.2 cm³/mol. The summed E-state index contributed by atoms with van der Waals surface area (Å²) in [6.07, 6.45) is 2.47. The van der Waals surface area contributed by atoms with E-state index in [1.54, 1.807) is 19.8 Å². The van der Waals surface area contributed by atoms with Gasteiger partial charge in [0.2, 0.25) is 0 Å². The van der Waals surface area contributed by atoms with Crippen LogP contribution >= 0.6 is 0 Å². The molecule has 2 rings (SSSR count). The maximum atomic E-state index is 5.14. The molecule has 3 heteroatoms. The van der Waals surface area contributed by atoms with Gasteiger partial charge in [0.05, 0.1) is 14.2 Å². The predicted octanol–water partition coefficient (Wildman–Crippen LogP) is 1.79. The van der Waals surface area contributed by atoms with Crippen LogP contribution < -0.4 is 5.19 Å². The smallest absolute Gasteiger partial charge is 0.270 e. The Morgan fingerprint density at radius 2 is 2.00 bits per heavy atom. The van der Waals surface area contributed by atoms with Gasteiger partial charge in [0.15, 0.2) is 0 Å². The Labute approximate surface area is 98.5 Å². The van der Waals surface area contributed by atoms with Gasteiger partial charge in [-0.1, -0.05) is 29.9 Å². The van der Waals surface area contributed by atoms with E-state index in [1.165, 1.54) is 23.6 Å². The van der Waals surface area contributed by atoms with Crippen molar-refractivity contribution in [2.75, 3.05) is 14.2 Å². The molecule has 0 aromatic heterocycles. The molecule has 0 atom stereocenters. The maximum Gasteiger partial charge on any atom is 0.270 e. The molecule has 0 heterocycles. The monoisotopic (exact) mass is 233 g/mol. The van der Waals surface area contributed by atoms with Gasteiger partial charge in [0.1, 0.15) is 8.80 Å². The highest BCUT2D eigenvalue weighted by molar-refractivity contribution is 6.77. The largest absolute Gasteiger partial charge is 0.469 e. The Balaban J connectivity index is 2.24. The van der Waals surface area contributed by atoms with Crippen molar-refractivity contribution in [2.45, 2.75) is 19.4 Å². The van der Waals surface area contributed by atoms with Crippen LogP contribution in [0.2, 0.25) is 6.55 Å². The third-order valence-corrected chi connectivity index (χ3v) is 5.07. The number of hydrogen-bond donors (Lipinski definition) is 0. The van der Waals surface area contributed by atoms with Crippen LogP contribution in [0.3, 0.4) is 0 Å². The van der Waals surface area contributed by atoms with Crippen molar-refractivity contribution in [2.24, 2.45) is 0 Å². The number of methoxy groups -OCH3 is 2. The highest BCUT2D eigenvalue weighted by Crippen LogP contribution is 2.21. The SMILES string of the molecule is COC(=C[Si](C)c1cccc2c1CC2)OC. The molecule has 1 radical (unpaired) electrons. The van der Waals surface area contributed by atoms with Crippen molar-refractivity contribution in [1.82, 2.24) is 0 Å². The van der Waals surface area contributed by atoms with Gasteiger partial charge in [-0.2, -0.15) is 0 Å². The molecule has 0 saturated carbocycles. The van der Waals surface area contributed by atoms with E-state index in [-0.39, 0.29) is 0 Å². The molecule has 16 heavy (non-hydrogen) atoms. The van der Waals surface area contributed by atoms with E-state index in [0.29, 0.717) is 5.95 Å². The first-order valence-corrected chi connectivity index (χ1v) is 7.58. The summed E-state index contributed by atoms with van der Waals surface area (Å²) in [4.78, 5) is 0. The fourth-order valence-corrected chi connectivity index (χ4v) is 3.94. The molecule has 0 bridgehead atoms. The van der Waals surface area contributed by atoms with Gasteiger partial charge < -0.3 is 9.47 Å². The van der Waals surface area contributed by atoms with Crippen LogP contribution in [0.15, 0.2) is 29.8 Å². The molecule has 2 nitrogen and oxygen atoms in total. The summed E-state index contributed by atoms with van der Waals surface area (Å²) >= 11 is 0. The second-order valence-electron chi connectivity index (χ2n) is 4.00. The first-order valence-electron chi connectivity index (χ1n) is 5.50. The van der Waals surface area contributed by atoms with E-state index in [9.17, 15) is 0 Å². The molecule has 1 aliphatic rings. The number of aryl methyl sites for hydroxylation is 1.